The zero-order valence-corrected chi connectivity index (χ0v) is 18.7. The zero-order valence-electron chi connectivity index (χ0n) is 18.7. The molecule has 1 aromatic heterocycles. The zero-order chi connectivity index (χ0) is 22.5. The predicted molar refractivity (Wildman–Crippen MR) is 121 cm³/mol. The number of benzene rings is 1. The Bertz CT molecular complexity index is 924. The largest absolute Gasteiger partial charge is 0.342 e. The van der Waals surface area contributed by atoms with Crippen molar-refractivity contribution in [3.8, 4) is 0 Å². The first-order valence-electron chi connectivity index (χ1n) is 11.5. The molecule has 1 unspecified atom stereocenters. The molecule has 0 radical (unpaired) electrons. The molecule has 0 aliphatic carbocycles. The fraction of sp³-hybridized carbons (Fsp3) is 0.480. The number of hydrogen-bond acceptors (Lipinski definition) is 4. The SMILES string of the molecule is CN1CCN(C(=O)c2ccc(C3CCCN(C(=O)CCc4ccc(F)cc4)C3)nc2)CC1. The van der Waals surface area contributed by atoms with Crippen LogP contribution in [0.3, 0.4) is 0 Å². The minimum atomic E-state index is -0.261. The van der Waals surface area contributed by atoms with Crippen molar-refractivity contribution in [2.24, 2.45) is 0 Å². The van der Waals surface area contributed by atoms with E-state index in [4.69, 9.17) is 0 Å². The lowest BCUT2D eigenvalue weighted by atomic mass is 9.93. The second-order valence-electron chi connectivity index (χ2n) is 8.87. The van der Waals surface area contributed by atoms with Gasteiger partial charge in [-0.15, -0.1) is 0 Å². The third-order valence-corrected chi connectivity index (χ3v) is 6.56. The third-order valence-electron chi connectivity index (χ3n) is 6.56. The van der Waals surface area contributed by atoms with E-state index in [9.17, 15) is 14.0 Å². The van der Waals surface area contributed by atoms with Crippen molar-refractivity contribution >= 4 is 11.8 Å². The molecule has 2 aliphatic rings. The fourth-order valence-corrected chi connectivity index (χ4v) is 4.47. The second kappa shape index (κ2) is 10.2. The first-order chi connectivity index (χ1) is 15.5. The van der Waals surface area contributed by atoms with E-state index in [-0.39, 0.29) is 23.5 Å². The van der Waals surface area contributed by atoms with Gasteiger partial charge in [0.25, 0.3) is 5.91 Å². The van der Waals surface area contributed by atoms with Crippen molar-refractivity contribution in [1.82, 2.24) is 19.7 Å². The molecule has 0 saturated carbocycles. The molecular weight excluding hydrogens is 407 g/mol. The number of carbonyl (C=O) groups excluding carboxylic acids is 2. The third kappa shape index (κ3) is 5.51. The molecule has 2 amide bonds. The van der Waals surface area contributed by atoms with Crippen LogP contribution in [0.2, 0.25) is 0 Å². The molecule has 32 heavy (non-hydrogen) atoms. The van der Waals surface area contributed by atoms with Gasteiger partial charge in [0.2, 0.25) is 5.91 Å². The van der Waals surface area contributed by atoms with Crippen LogP contribution >= 0.6 is 0 Å². The summed E-state index contributed by atoms with van der Waals surface area (Å²) in [5.41, 5.74) is 2.54. The summed E-state index contributed by atoms with van der Waals surface area (Å²) in [6, 6.07) is 10.1. The number of likely N-dealkylation sites (tertiary alicyclic amines) is 1. The summed E-state index contributed by atoms with van der Waals surface area (Å²) in [6.45, 7) is 4.69. The van der Waals surface area contributed by atoms with Crippen LogP contribution < -0.4 is 0 Å². The van der Waals surface area contributed by atoms with E-state index in [2.05, 4.69) is 16.9 Å². The number of amides is 2. The number of hydrogen-bond donors (Lipinski definition) is 0. The van der Waals surface area contributed by atoms with Gasteiger partial charge in [0, 0.05) is 63.5 Å². The molecule has 2 fully saturated rings. The van der Waals surface area contributed by atoms with Gasteiger partial charge >= 0.3 is 0 Å². The van der Waals surface area contributed by atoms with Gasteiger partial charge in [-0.3, -0.25) is 14.6 Å². The number of rotatable bonds is 5. The molecule has 170 valence electrons. The Hall–Kier alpha value is -2.80. The molecule has 0 bridgehead atoms. The number of pyridine rings is 1. The summed E-state index contributed by atoms with van der Waals surface area (Å²) in [5.74, 6) is 0.0910. The van der Waals surface area contributed by atoms with Crippen molar-refractivity contribution in [3.63, 3.8) is 0 Å². The van der Waals surface area contributed by atoms with E-state index in [1.807, 2.05) is 21.9 Å². The van der Waals surface area contributed by atoms with Crippen molar-refractivity contribution in [2.45, 2.75) is 31.6 Å². The van der Waals surface area contributed by atoms with Gasteiger partial charge in [-0.25, -0.2) is 4.39 Å². The van der Waals surface area contributed by atoms with Gasteiger partial charge in [-0.2, -0.15) is 0 Å². The molecule has 0 N–H and O–H groups in total. The van der Waals surface area contributed by atoms with E-state index in [1.54, 1.807) is 18.3 Å². The number of aromatic nitrogens is 1. The lowest BCUT2D eigenvalue weighted by Gasteiger charge is -2.33. The van der Waals surface area contributed by atoms with Crippen molar-refractivity contribution in [1.29, 1.82) is 0 Å². The fourth-order valence-electron chi connectivity index (χ4n) is 4.47. The van der Waals surface area contributed by atoms with Crippen LogP contribution in [-0.2, 0) is 11.2 Å². The van der Waals surface area contributed by atoms with Gasteiger partial charge < -0.3 is 14.7 Å². The minimum absolute atomic E-state index is 0.0402. The lowest BCUT2D eigenvalue weighted by molar-refractivity contribution is -0.132. The first kappa shape index (κ1) is 22.4. The average molecular weight is 439 g/mol. The van der Waals surface area contributed by atoms with Gasteiger partial charge in [-0.05, 0) is 56.1 Å². The highest BCUT2D eigenvalue weighted by atomic mass is 19.1. The molecule has 1 aromatic carbocycles. The Morgan fingerprint density at radius 2 is 1.75 bits per heavy atom. The van der Waals surface area contributed by atoms with Gasteiger partial charge in [0.05, 0.1) is 5.56 Å². The number of carbonyl (C=O) groups is 2. The van der Waals surface area contributed by atoms with Crippen molar-refractivity contribution in [2.75, 3.05) is 46.3 Å². The number of likely N-dealkylation sites (N-methyl/N-ethyl adjacent to an activating group) is 1. The van der Waals surface area contributed by atoms with Crippen molar-refractivity contribution in [3.05, 3.63) is 65.2 Å². The summed E-state index contributed by atoms with van der Waals surface area (Å²) in [4.78, 5) is 36.1. The number of aryl methyl sites for hydroxylation is 1. The maximum Gasteiger partial charge on any atom is 0.255 e. The maximum atomic E-state index is 13.1. The van der Waals surface area contributed by atoms with Crippen LogP contribution in [0.15, 0.2) is 42.6 Å². The van der Waals surface area contributed by atoms with Crippen molar-refractivity contribution < 1.29 is 14.0 Å². The molecular formula is C25H31FN4O2. The monoisotopic (exact) mass is 438 g/mol. The second-order valence-corrected chi connectivity index (χ2v) is 8.87. The highest BCUT2D eigenvalue weighted by molar-refractivity contribution is 5.94. The summed E-state index contributed by atoms with van der Waals surface area (Å²) < 4.78 is 13.1. The minimum Gasteiger partial charge on any atom is -0.342 e. The molecule has 7 heteroatoms. The topological polar surface area (TPSA) is 56.8 Å². The standard InChI is InChI=1S/C25H31FN4O2/c1-28-13-15-29(16-14-28)25(32)20-7-10-23(27-17-20)21-3-2-12-30(18-21)24(31)11-6-19-4-8-22(26)9-5-19/h4-5,7-10,17,21H,2-3,6,11-16,18H2,1H3. The van der Waals surface area contributed by atoms with Gasteiger partial charge in [0.15, 0.2) is 0 Å². The number of piperazine rings is 1. The summed E-state index contributed by atoms with van der Waals surface area (Å²) in [6.07, 6.45) is 4.65. The Morgan fingerprint density at radius 3 is 2.44 bits per heavy atom. The van der Waals surface area contributed by atoms with E-state index >= 15 is 0 Å². The van der Waals surface area contributed by atoms with Crippen LogP contribution in [0.4, 0.5) is 4.39 Å². The molecule has 3 heterocycles. The van der Waals surface area contributed by atoms with E-state index in [0.717, 1.165) is 56.8 Å². The molecule has 1 atom stereocenters. The smallest absolute Gasteiger partial charge is 0.255 e. The quantitative estimate of drug-likeness (QED) is 0.720. The molecule has 4 rings (SSSR count). The average Bonchev–Trinajstić information content (AvgIpc) is 2.84. The molecule has 6 nitrogen and oxygen atoms in total. The van der Waals surface area contributed by atoms with Crippen LogP contribution in [0.5, 0.6) is 0 Å². The van der Waals surface area contributed by atoms with Gasteiger partial charge in [-0.1, -0.05) is 12.1 Å². The summed E-state index contributed by atoms with van der Waals surface area (Å²) in [7, 11) is 2.07. The van der Waals surface area contributed by atoms with Crippen LogP contribution in [0.25, 0.3) is 0 Å². The van der Waals surface area contributed by atoms with Crippen LogP contribution in [0.1, 0.15) is 46.8 Å². The normalized spacial score (nSPS) is 19.8. The highest BCUT2D eigenvalue weighted by Gasteiger charge is 2.26. The first-order valence-corrected chi connectivity index (χ1v) is 11.5. The number of nitrogens with zero attached hydrogens (tertiary/aromatic N) is 4. The lowest BCUT2D eigenvalue weighted by Crippen LogP contribution is -2.47. The van der Waals surface area contributed by atoms with E-state index < -0.39 is 0 Å². The number of halogens is 1. The van der Waals surface area contributed by atoms with Gasteiger partial charge in [0.1, 0.15) is 5.82 Å². The van der Waals surface area contributed by atoms with Crippen LogP contribution in [0, 0.1) is 5.82 Å². The van der Waals surface area contributed by atoms with E-state index in [1.165, 1.54) is 12.1 Å². The highest BCUT2D eigenvalue weighted by Crippen LogP contribution is 2.26. The summed E-state index contributed by atoms with van der Waals surface area (Å²) in [5, 5.41) is 0. The molecule has 0 spiro atoms. The maximum absolute atomic E-state index is 13.1. The Labute approximate surface area is 189 Å². The molecule has 2 saturated heterocycles. The summed E-state index contributed by atoms with van der Waals surface area (Å²) >= 11 is 0. The Kier molecular flexibility index (Phi) is 7.15. The Morgan fingerprint density at radius 1 is 1.00 bits per heavy atom. The molecule has 2 aliphatic heterocycles. The molecule has 2 aromatic rings. The van der Waals surface area contributed by atoms with Crippen LogP contribution in [-0.4, -0.2) is 77.8 Å². The number of piperidine rings is 1. The van der Waals surface area contributed by atoms with E-state index in [0.29, 0.717) is 24.9 Å². The Balaban J connectivity index is 1.32. The predicted octanol–water partition coefficient (Wildman–Crippen LogP) is 2.95.